The molecule has 1 heterocycles. The van der Waals surface area contributed by atoms with Gasteiger partial charge in [0.05, 0.1) is 11.5 Å². The molecule has 1 aromatic heterocycles. The Labute approximate surface area is 102 Å². The largest absolute Gasteiger partial charge is 0.374 e. The fraction of sp³-hybridized carbons (Fsp3) is 0.500. The van der Waals surface area contributed by atoms with Gasteiger partial charge in [-0.3, -0.25) is 10.1 Å². The minimum absolute atomic E-state index is 0.0606. The normalized spacial score (nSPS) is 10.7. The number of aromatic nitrogens is 1. The van der Waals surface area contributed by atoms with Gasteiger partial charge >= 0.3 is 0 Å². The third-order valence-corrected chi connectivity index (χ3v) is 2.05. The number of nitro groups is 1. The van der Waals surface area contributed by atoms with Crippen molar-refractivity contribution in [2.45, 2.75) is 13.3 Å². The van der Waals surface area contributed by atoms with E-state index in [1.165, 1.54) is 19.1 Å². The monoisotopic (exact) mass is 261 g/mol. The summed E-state index contributed by atoms with van der Waals surface area (Å²) in [7, 11) is 0. The molecular formula is C10H13F2N3O3. The molecule has 100 valence electrons. The van der Waals surface area contributed by atoms with E-state index in [-0.39, 0.29) is 12.3 Å². The zero-order valence-electron chi connectivity index (χ0n) is 9.73. The van der Waals surface area contributed by atoms with Crippen molar-refractivity contribution in [3.05, 3.63) is 27.9 Å². The highest BCUT2D eigenvalue weighted by atomic mass is 19.3. The van der Waals surface area contributed by atoms with Crippen LogP contribution in [0.3, 0.4) is 0 Å². The number of nitrogens with one attached hydrogen (secondary N) is 1. The molecule has 0 aliphatic carbocycles. The van der Waals surface area contributed by atoms with Crippen molar-refractivity contribution in [3.8, 4) is 0 Å². The molecule has 0 aliphatic heterocycles. The topological polar surface area (TPSA) is 77.3 Å². The minimum Gasteiger partial charge on any atom is -0.374 e. The molecule has 0 aromatic carbocycles. The van der Waals surface area contributed by atoms with E-state index in [2.05, 4.69) is 15.0 Å². The van der Waals surface area contributed by atoms with Crippen LogP contribution < -0.4 is 5.32 Å². The summed E-state index contributed by atoms with van der Waals surface area (Å²) in [5, 5.41) is 13.4. The minimum atomic E-state index is -2.48. The first-order chi connectivity index (χ1) is 8.50. The molecular weight excluding hydrogens is 248 g/mol. The number of ether oxygens (including phenoxy) is 1. The number of halogens is 2. The van der Waals surface area contributed by atoms with Crippen LogP contribution in [0.25, 0.3) is 0 Å². The molecule has 0 saturated heterocycles. The Balaban J connectivity index is 2.39. The number of alkyl halides is 2. The van der Waals surface area contributed by atoms with E-state index < -0.39 is 18.0 Å². The maximum Gasteiger partial charge on any atom is 0.290 e. The zero-order valence-corrected chi connectivity index (χ0v) is 9.73. The lowest BCUT2D eigenvalue weighted by atomic mass is 10.3. The van der Waals surface area contributed by atoms with Gasteiger partial charge in [0.2, 0.25) is 0 Å². The molecule has 1 rings (SSSR count). The van der Waals surface area contributed by atoms with Crippen molar-refractivity contribution in [2.75, 3.05) is 25.1 Å². The molecule has 0 unspecified atom stereocenters. The molecule has 0 aliphatic rings. The molecule has 6 nitrogen and oxygen atoms in total. The van der Waals surface area contributed by atoms with Crippen molar-refractivity contribution in [3.63, 3.8) is 0 Å². The van der Waals surface area contributed by atoms with Crippen LogP contribution in [-0.2, 0) is 4.74 Å². The summed E-state index contributed by atoms with van der Waals surface area (Å²) in [6.45, 7) is 1.34. The average molecular weight is 261 g/mol. The van der Waals surface area contributed by atoms with Gasteiger partial charge in [-0.25, -0.2) is 13.8 Å². The van der Waals surface area contributed by atoms with E-state index in [1.54, 1.807) is 0 Å². The second-order valence-electron chi connectivity index (χ2n) is 3.45. The number of nitrogens with zero attached hydrogens (tertiary/aromatic N) is 2. The molecule has 0 bridgehead atoms. The second-order valence-corrected chi connectivity index (χ2v) is 3.45. The highest BCUT2D eigenvalue weighted by molar-refractivity contribution is 5.44. The molecule has 0 atom stereocenters. The highest BCUT2D eigenvalue weighted by Crippen LogP contribution is 2.17. The van der Waals surface area contributed by atoms with Crippen molar-refractivity contribution in [1.82, 2.24) is 4.98 Å². The predicted octanol–water partition coefficient (Wildman–Crippen LogP) is 1.99. The molecule has 0 saturated carbocycles. The summed E-state index contributed by atoms with van der Waals surface area (Å²) in [5.41, 5.74) is 0.230. The zero-order chi connectivity index (χ0) is 13.5. The molecule has 0 fully saturated rings. The van der Waals surface area contributed by atoms with Gasteiger partial charge in [-0.1, -0.05) is 0 Å². The van der Waals surface area contributed by atoms with E-state index >= 15 is 0 Å². The summed E-state index contributed by atoms with van der Waals surface area (Å²) in [6, 6.07) is 2.79. The van der Waals surface area contributed by atoms with E-state index in [4.69, 9.17) is 0 Å². The molecule has 0 amide bonds. The first-order valence-corrected chi connectivity index (χ1v) is 5.22. The van der Waals surface area contributed by atoms with Gasteiger partial charge in [0.15, 0.2) is 0 Å². The van der Waals surface area contributed by atoms with Gasteiger partial charge in [-0.05, 0) is 13.0 Å². The van der Waals surface area contributed by atoms with Crippen LogP contribution in [0.4, 0.5) is 20.3 Å². The number of aryl methyl sites for hydroxylation is 1. The number of rotatable bonds is 7. The second kappa shape index (κ2) is 6.80. The number of anilines is 1. The summed E-state index contributed by atoms with van der Waals surface area (Å²) in [4.78, 5) is 14.0. The Morgan fingerprint density at radius 3 is 2.83 bits per heavy atom. The van der Waals surface area contributed by atoms with Crippen LogP contribution in [0.5, 0.6) is 0 Å². The van der Waals surface area contributed by atoms with Crippen molar-refractivity contribution in [1.29, 1.82) is 0 Å². The quantitative estimate of drug-likeness (QED) is 0.461. The molecule has 8 heteroatoms. The van der Waals surface area contributed by atoms with Gasteiger partial charge in [-0.15, -0.1) is 0 Å². The van der Waals surface area contributed by atoms with E-state index in [1.807, 2.05) is 0 Å². The lowest BCUT2D eigenvalue weighted by Gasteiger charge is -2.07. The van der Waals surface area contributed by atoms with Crippen LogP contribution in [0, 0.1) is 17.0 Å². The Morgan fingerprint density at radius 2 is 2.28 bits per heavy atom. The van der Waals surface area contributed by atoms with Gasteiger partial charge < -0.3 is 10.1 Å². The SMILES string of the molecule is Cc1nc(NCCOCC(F)F)ccc1[N+](=O)[O-]. The van der Waals surface area contributed by atoms with Crippen LogP contribution >= 0.6 is 0 Å². The number of hydrogen-bond acceptors (Lipinski definition) is 5. The van der Waals surface area contributed by atoms with Gasteiger partial charge in [-0.2, -0.15) is 0 Å². The first kappa shape index (κ1) is 14.2. The van der Waals surface area contributed by atoms with Crippen LogP contribution in [0.15, 0.2) is 12.1 Å². The third kappa shape index (κ3) is 4.58. The highest BCUT2D eigenvalue weighted by Gasteiger charge is 2.11. The maximum absolute atomic E-state index is 11.7. The van der Waals surface area contributed by atoms with Gasteiger partial charge in [0.1, 0.15) is 18.1 Å². The summed E-state index contributed by atoms with van der Waals surface area (Å²) in [6.07, 6.45) is -2.48. The van der Waals surface area contributed by atoms with Crippen LogP contribution in [0.1, 0.15) is 5.69 Å². The van der Waals surface area contributed by atoms with E-state index in [0.717, 1.165) is 0 Å². The maximum atomic E-state index is 11.7. The predicted molar refractivity (Wildman–Crippen MR) is 60.9 cm³/mol. The molecule has 18 heavy (non-hydrogen) atoms. The fourth-order valence-corrected chi connectivity index (χ4v) is 1.27. The average Bonchev–Trinajstić information content (AvgIpc) is 2.27. The van der Waals surface area contributed by atoms with E-state index in [0.29, 0.717) is 18.1 Å². The number of hydrogen-bond donors (Lipinski definition) is 1. The first-order valence-electron chi connectivity index (χ1n) is 5.22. The Morgan fingerprint density at radius 1 is 1.56 bits per heavy atom. The molecule has 1 N–H and O–H groups in total. The van der Waals surface area contributed by atoms with Gasteiger partial charge in [0, 0.05) is 12.6 Å². The molecule has 1 aromatic rings. The third-order valence-electron chi connectivity index (χ3n) is 2.05. The Hall–Kier alpha value is -1.83. The van der Waals surface area contributed by atoms with Crippen LogP contribution in [0.2, 0.25) is 0 Å². The van der Waals surface area contributed by atoms with Crippen LogP contribution in [-0.4, -0.2) is 36.1 Å². The van der Waals surface area contributed by atoms with Crippen molar-refractivity contribution >= 4 is 11.5 Å². The van der Waals surface area contributed by atoms with E-state index in [9.17, 15) is 18.9 Å². The lowest BCUT2D eigenvalue weighted by Crippen LogP contribution is -2.14. The standard InChI is InChI=1S/C10H13F2N3O3/c1-7-8(15(16)17)2-3-10(14-7)13-4-5-18-6-9(11)12/h2-3,9H,4-6H2,1H3,(H,13,14). The molecule has 0 radical (unpaired) electrons. The molecule has 0 spiro atoms. The Kier molecular flexibility index (Phi) is 5.37. The summed E-state index contributed by atoms with van der Waals surface area (Å²) < 4.78 is 28.1. The van der Waals surface area contributed by atoms with Gasteiger partial charge in [0.25, 0.3) is 12.1 Å². The summed E-state index contributed by atoms with van der Waals surface area (Å²) in [5.74, 6) is 0.443. The smallest absolute Gasteiger partial charge is 0.290 e. The lowest BCUT2D eigenvalue weighted by molar-refractivity contribution is -0.385. The Bertz CT molecular complexity index is 415. The fourth-order valence-electron chi connectivity index (χ4n) is 1.27. The van der Waals surface area contributed by atoms with Crippen molar-refractivity contribution < 1.29 is 18.4 Å². The summed E-state index contributed by atoms with van der Waals surface area (Å²) >= 11 is 0. The van der Waals surface area contributed by atoms with Crippen molar-refractivity contribution in [2.24, 2.45) is 0 Å². The number of pyridine rings is 1.